The Kier molecular flexibility index (Phi) is 2.14. The summed E-state index contributed by atoms with van der Waals surface area (Å²) in [5.41, 5.74) is 0. The fraction of sp³-hybridized carbons (Fsp3) is 0.333. The minimum absolute atomic E-state index is 0.918. The molecule has 0 aromatic carbocycles. The molecule has 2 aromatic heterocycles. The average Bonchev–Trinajstić information content (AvgIpc) is 2.59. The van der Waals surface area contributed by atoms with Gasteiger partial charge in [-0.3, -0.25) is 0 Å². The SMILES string of the molecule is CCc1cc2c(NC)ncnc2s1. The highest BCUT2D eigenvalue weighted by Crippen LogP contribution is 2.27. The number of aryl methyl sites for hydroxylation is 1. The number of anilines is 1. The van der Waals surface area contributed by atoms with Crippen molar-refractivity contribution < 1.29 is 0 Å². The second-order valence-corrected chi connectivity index (χ2v) is 3.87. The van der Waals surface area contributed by atoms with E-state index in [0.717, 1.165) is 22.5 Å². The molecule has 3 nitrogen and oxygen atoms in total. The molecule has 0 fully saturated rings. The normalized spacial score (nSPS) is 10.6. The van der Waals surface area contributed by atoms with E-state index in [1.807, 2.05) is 7.05 Å². The van der Waals surface area contributed by atoms with Crippen molar-refractivity contribution in [3.05, 3.63) is 17.3 Å². The number of hydrogen-bond donors (Lipinski definition) is 1. The van der Waals surface area contributed by atoms with Crippen LogP contribution >= 0.6 is 11.3 Å². The number of thiophene rings is 1. The van der Waals surface area contributed by atoms with Crippen LogP contribution in [0.4, 0.5) is 5.82 Å². The Morgan fingerprint density at radius 3 is 3.00 bits per heavy atom. The highest BCUT2D eigenvalue weighted by atomic mass is 32.1. The first-order valence-corrected chi connectivity index (χ1v) is 5.08. The molecule has 0 radical (unpaired) electrons. The summed E-state index contributed by atoms with van der Waals surface area (Å²) in [6, 6.07) is 2.16. The molecule has 0 atom stereocenters. The molecule has 4 heteroatoms. The molecule has 2 heterocycles. The van der Waals surface area contributed by atoms with Crippen LogP contribution in [0.1, 0.15) is 11.8 Å². The van der Waals surface area contributed by atoms with E-state index in [9.17, 15) is 0 Å². The molecular weight excluding hydrogens is 182 g/mol. The van der Waals surface area contributed by atoms with E-state index in [-0.39, 0.29) is 0 Å². The molecule has 0 bridgehead atoms. The number of nitrogens with one attached hydrogen (secondary N) is 1. The van der Waals surface area contributed by atoms with Gasteiger partial charge in [-0.15, -0.1) is 11.3 Å². The zero-order valence-electron chi connectivity index (χ0n) is 7.66. The quantitative estimate of drug-likeness (QED) is 0.795. The Bertz CT molecular complexity index is 422. The first-order valence-electron chi connectivity index (χ1n) is 4.26. The van der Waals surface area contributed by atoms with Gasteiger partial charge in [-0.05, 0) is 12.5 Å². The molecule has 0 aliphatic carbocycles. The molecule has 0 amide bonds. The predicted octanol–water partition coefficient (Wildman–Crippen LogP) is 2.30. The van der Waals surface area contributed by atoms with Crippen molar-refractivity contribution >= 4 is 27.4 Å². The highest BCUT2D eigenvalue weighted by molar-refractivity contribution is 7.18. The summed E-state index contributed by atoms with van der Waals surface area (Å²) in [7, 11) is 1.88. The van der Waals surface area contributed by atoms with E-state index >= 15 is 0 Å². The molecule has 0 aliphatic rings. The molecule has 0 spiro atoms. The lowest BCUT2D eigenvalue weighted by atomic mass is 10.3. The average molecular weight is 193 g/mol. The molecule has 68 valence electrons. The van der Waals surface area contributed by atoms with Crippen molar-refractivity contribution in [2.45, 2.75) is 13.3 Å². The number of rotatable bonds is 2. The number of fused-ring (bicyclic) bond motifs is 1. The van der Waals surface area contributed by atoms with E-state index < -0.39 is 0 Å². The zero-order chi connectivity index (χ0) is 9.26. The van der Waals surface area contributed by atoms with E-state index in [2.05, 4.69) is 28.3 Å². The number of nitrogens with zero attached hydrogens (tertiary/aromatic N) is 2. The van der Waals surface area contributed by atoms with Gasteiger partial charge in [0.15, 0.2) is 0 Å². The summed E-state index contributed by atoms with van der Waals surface area (Å²) in [4.78, 5) is 10.8. The minimum atomic E-state index is 0.918. The molecule has 0 saturated heterocycles. The molecule has 1 N–H and O–H groups in total. The van der Waals surface area contributed by atoms with Crippen LogP contribution in [0, 0.1) is 0 Å². The van der Waals surface area contributed by atoms with Gasteiger partial charge in [-0.2, -0.15) is 0 Å². The molecule has 0 saturated carbocycles. The fourth-order valence-corrected chi connectivity index (χ4v) is 2.21. The van der Waals surface area contributed by atoms with Gasteiger partial charge in [0, 0.05) is 11.9 Å². The molecule has 2 rings (SSSR count). The molecular formula is C9H11N3S. The monoisotopic (exact) mass is 193 g/mol. The van der Waals surface area contributed by atoms with Gasteiger partial charge >= 0.3 is 0 Å². The van der Waals surface area contributed by atoms with Gasteiger partial charge in [-0.1, -0.05) is 6.92 Å². The van der Waals surface area contributed by atoms with Crippen molar-refractivity contribution in [3.8, 4) is 0 Å². The van der Waals surface area contributed by atoms with Crippen LogP contribution < -0.4 is 5.32 Å². The third kappa shape index (κ3) is 1.37. The van der Waals surface area contributed by atoms with Gasteiger partial charge in [0.05, 0.1) is 5.39 Å². The van der Waals surface area contributed by atoms with Crippen LogP contribution in [0.25, 0.3) is 10.2 Å². The predicted molar refractivity (Wildman–Crippen MR) is 56.3 cm³/mol. The van der Waals surface area contributed by atoms with Crippen molar-refractivity contribution in [1.29, 1.82) is 0 Å². The van der Waals surface area contributed by atoms with Gasteiger partial charge < -0.3 is 5.32 Å². The van der Waals surface area contributed by atoms with E-state index in [0.29, 0.717) is 0 Å². The van der Waals surface area contributed by atoms with Crippen LogP contribution in [0.15, 0.2) is 12.4 Å². The van der Waals surface area contributed by atoms with Crippen molar-refractivity contribution in [2.24, 2.45) is 0 Å². The molecule has 2 aromatic rings. The third-order valence-electron chi connectivity index (χ3n) is 1.97. The van der Waals surface area contributed by atoms with Crippen molar-refractivity contribution in [3.63, 3.8) is 0 Å². The first kappa shape index (κ1) is 8.44. The fourth-order valence-electron chi connectivity index (χ4n) is 1.28. The first-order chi connectivity index (χ1) is 6.35. The summed E-state index contributed by atoms with van der Waals surface area (Å²) >= 11 is 1.74. The van der Waals surface area contributed by atoms with Gasteiger partial charge in [0.1, 0.15) is 17.0 Å². The highest BCUT2D eigenvalue weighted by Gasteiger charge is 2.05. The lowest BCUT2D eigenvalue weighted by molar-refractivity contribution is 1.19. The Labute approximate surface area is 80.8 Å². The summed E-state index contributed by atoms with van der Waals surface area (Å²) in [5, 5.41) is 4.19. The van der Waals surface area contributed by atoms with Crippen LogP contribution in [0.3, 0.4) is 0 Å². The largest absolute Gasteiger partial charge is 0.373 e. The van der Waals surface area contributed by atoms with Gasteiger partial charge in [0.25, 0.3) is 0 Å². The van der Waals surface area contributed by atoms with Crippen LogP contribution in [-0.4, -0.2) is 17.0 Å². The zero-order valence-corrected chi connectivity index (χ0v) is 8.48. The number of hydrogen-bond acceptors (Lipinski definition) is 4. The van der Waals surface area contributed by atoms with Crippen LogP contribution in [0.2, 0.25) is 0 Å². The second kappa shape index (κ2) is 3.30. The summed E-state index contributed by atoms with van der Waals surface area (Å²) in [6.45, 7) is 2.15. The van der Waals surface area contributed by atoms with E-state index in [4.69, 9.17) is 0 Å². The van der Waals surface area contributed by atoms with Crippen molar-refractivity contribution in [1.82, 2.24) is 9.97 Å². The number of aromatic nitrogens is 2. The van der Waals surface area contributed by atoms with Crippen molar-refractivity contribution in [2.75, 3.05) is 12.4 Å². The standard InChI is InChI=1S/C9H11N3S/c1-3-6-4-7-8(10-2)11-5-12-9(7)13-6/h4-5H,3H2,1-2H3,(H,10,11,12). The van der Waals surface area contributed by atoms with Gasteiger partial charge in [0.2, 0.25) is 0 Å². The maximum absolute atomic E-state index is 4.23. The second-order valence-electron chi connectivity index (χ2n) is 2.76. The Morgan fingerprint density at radius 2 is 2.31 bits per heavy atom. The lowest BCUT2D eigenvalue weighted by Gasteiger charge is -1.97. The lowest BCUT2D eigenvalue weighted by Crippen LogP contribution is -1.92. The third-order valence-corrected chi connectivity index (χ3v) is 3.15. The van der Waals surface area contributed by atoms with E-state index in [1.165, 1.54) is 4.88 Å². The molecule has 0 aliphatic heterocycles. The molecule has 13 heavy (non-hydrogen) atoms. The van der Waals surface area contributed by atoms with E-state index in [1.54, 1.807) is 17.7 Å². The Hall–Kier alpha value is -1.16. The smallest absolute Gasteiger partial charge is 0.137 e. The topological polar surface area (TPSA) is 37.8 Å². The van der Waals surface area contributed by atoms with Crippen LogP contribution in [0.5, 0.6) is 0 Å². The maximum Gasteiger partial charge on any atom is 0.137 e. The Morgan fingerprint density at radius 1 is 1.46 bits per heavy atom. The maximum atomic E-state index is 4.23. The minimum Gasteiger partial charge on any atom is -0.373 e. The summed E-state index contributed by atoms with van der Waals surface area (Å²) < 4.78 is 0. The van der Waals surface area contributed by atoms with Gasteiger partial charge in [-0.25, -0.2) is 9.97 Å². The summed E-state index contributed by atoms with van der Waals surface area (Å²) in [5.74, 6) is 0.918. The summed E-state index contributed by atoms with van der Waals surface area (Å²) in [6.07, 6.45) is 2.66. The van der Waals surface area contributed by atoms with Crippen LogP contribution in [-0.2, 0) is 6.42 Å². The Balaban J connectivity index is 2.67. The molecule has 0 unspecified atom stereocenters.